The molecular formula is C22H27N5O. The molecule has 0 aliphatic carbocycles. The molecule has 146 valence electrons. The van der Waals surface area contributed by atoms with Crippen LogP contribution in [-0.2, 0) is 6.54 Å². The SMILES string of the molecule is CCN(CC)c1ccc(C(=O)NCc2c(C)nn(-c3ccccc3)c2C)cn1. The Morgan fingerprint density at radius 1 is 1.07 bits per heavy atom. The van der Waals surface area contributed by atoms with E-state index in [0.29, 0.717) is 12.1 Å². The molecule has 6 nitrogen and oxygen atoms in total. The van der Waals surface area contributed by atoms with Crippen LogP contribution in [0.25, 0.3) is 5.69 Å². The van der Waals surface area contributed by atoms with Gasteiger partial charge in [0.05, 0.1) is 16.9 Å². The van der Waals surface area contributed by atoms with Crippen LogP contribution in [0.15, 0.2) is 48.7 Å². The van der Waals surface area contributed by atoms with Crippen LogP contribution >= 0.6 is 0 Å². The molecule has 6 heteroatoms. The van der Waals surface area contributed by atoms with Crippen molar-refractivity contribution in [1.82, 2.24) is 20.1 Å². The number of carbonyl (C=O) groups excluding carboxylic acids is 1. The van der Waals surface area contributed by atoms with Gasteiger partial charge in [-0.05, 0) is 52.0 Å². The van der Waals surface area contributed by atoms with Crippen LogP contribution in [0.2, 0.25) is 0 Å². The van der Waals surface area contributed by atoms with Gasteiger partial charge in [-0.25, -0.2) is 9.67 Å². The third-order valence-electron chi connectivity index (χ3n) is 4.97. The van der Waals surface area contributed by atoms with Crippen LogP contribution < -0.4 is 10.2 Å². The number of amides is 1. The van der Waals surface area contributed by atoms with Gasteiger partial charge in [0.15, 0.2) is 0 Å². The molecule has 0 aliphatic heterocycles. The van der Waals surface area contributed by atoms with Gasteiger partial charge in [0.25, 0.3) is 5.91 Å². The Balaban J connectivity index is 1.71. The predicted molar refractivity (Wildman–Crippen MR) is 112 cm³/mol. The minimum atomic E-state index is -0.134. The topological polar surface area (TPSA) is 63.1 Å². The Bertz CT molecular complexity index is 928. The van der Waals surface area contributed by atoms with Crippen molar-refractivity contribution in [3.63, 3.8) is 0 Å². The number of hydrogen-bond acceptors (Lipinski definition) is 4. The lowest BCUT2D eigenvalue weighted by Gasteiger charge is -2.19. The molecule has 0 saturated heterocycles. The summed E-state index contributed by atoms with van der Waals surface area (Å²) in [6.07, 6.45) is 1.64. The number of nitrogens with one attached hydrogen (secondary N) is 1. The molecule has 1 N–H and O–H groups in total. The largest absolute Gasteiger partial charge is 0.357 e. The van der Waals surface area contributed by atoms with Crippen LogP contribution in [0.3, 0.4) is 0 Å². The van der Waals surface area contributed by atoms with E-state index >= 15 is 0 Å². The number of rotatable bonds is 7. The zero-order valence-electron chi connectivity index (χ0n) is 16.9. The van der Waals surface area contributed by atoms with Gasteiger partial charge in [-0.3, -0.25) is 4.79 Å². The first-order chi connectivity index (χ1) is 13.5. The number of nitrogens with zero attached hydrogens (tertiary/aromatic N) is 4. The Hall–Kier alpha value is -3.15. The van der Waals surface area contributed by atoms with E-state index in [1.807, 2.05) is 61.0 Å². The van der Waals surface area contributed by atoms with E-state index in [1.165, 1.54) is 0 Å². The molecule has 1 amide bonds. The summed E-state index contributed by atoms with van der Waals surface area (Å²) >= 11 is 0. The highest BCUT2D eigenvalue weighted by Gasteiger charge is 2.14. The van der Waals surface area contributed by atoms with Gasteiger partial charge < -0.3 is 10.2 Å². The molecule has 0 fully saturated rings. The van der Waals surface area contributed by atoms with E-state index in [2.05, 4.69) is 34.1 Å². The Labute approximate surface area is 166 Å². The van der Waals surface area contributed by atoms with Crippen molar-refractivity contribution in [2.45, 2.75) is 34.2 Å². The van der Waals surface area contributed by atoms with Gasteiger partial charge in [-0.2, -0.15) is 5.10 Å². The maximum Gasteiger partial charge on any atom is 0.253 e. The van der Waals surface area contributed by atoms with E-state index in [0.717, 1.165) is 41.5 Å². The second-order valence-electron chi connectivity index (χ2n) is 6.66. The van der Waals surface area contributed by atoms with Crippen LogP contribution in [0.4, 0.5) is 5.82 Å². The second kappa shape index (κ2) is 8.69. The van der Waals surface area contributed by atoms with Crippen molar-refractivity contribution in [1.29, 1.82) is 0 Å². The summed E-state index contributed by atoms with van der Waals surface area (Å²) in [4.78, 5) is 19.1. The molecule has 2 heterocycles. The van der Waals surface area contributed by atoms with E-state index in [-0.39, 0.29) is 5.91 Å². The zero-order valence-corrected chi connectivity index (χ0v) is 16.9. The number of para-hydroxylation sites is 1. The first-order valence-corrected chi connectivity index (χ1v) is 9.64. The second-order valence-corrected chi connectivity index (χ2v) is 6.66. The van der Waals surface area contributed by atoms with Crippen molar-refractivity contribution in [2.75, 3.05) is 18.0 Å². The number of anilines is 1. The third-order valence-corrected chi connectivity index (χ3v) is 4.97. The van der Waals surface area contributed by atoms with E-state index < -0.39 is 0 Å². The van der Waals surface area contributed by atoms with E-state index in [1.54, 1.807) is 6.20 Å². The fraction of sp³-hybridized carbons (Fsp3) is 0.318. The minimum Gasteiger partial charge on any atom is -0.357 e. The first kappa shape index (κ1) is 19.6. The average Bonchev–Trinajstić information content (AvgIpc) is 3.02. The van der Waals surface area contributed by atoms with Crippen molar-refractivity contribution >= 4 is 11.7 Å². The van der Waals surface area contributed by atoms with Crippen molar-refractivity contribution in [3.8, 4) is 5.69 Å². The maximum absolute atomic E-state index is 12.5. The number of aryl methyl sites for hydroxylation is 1. The van der Waals surface area contributed by atoms with Gasteiger partial charge >= 0.3 is 0 Å². The minimum absolute atomic E-state index is 0.134. The summed E-state index contributed by atoms with van der Waals surface area (Å²) in [6.45, 7) is 10.4. The number of carbonyl (C=O) groups is 1. The van der Waals surface area contributed by atoms with Crippen LogP contribution in [0, 0.1) is 13.8 Å². The highest BCUT2D eigenvalue weighted by atomic mass is 16.1. The van der Waals surface area contributed by atoms with Crippen molar-refractivity contribution in [2.24, 2.45) is 0 Å². The fourth-order valence-corrected chi connectivity index (χ4v) is 3.28. The quantitative estimate of drug-likeness (QED) is 0.682. The molecule has 1 aromatic carbocycles. The zero-order chi connectivity index (χ0) is 20.1. The summed E-state index contributed by atoms with van der Waals surface area (Å²) in [7, 11) is 0. The monoisotopic (exact) mass is 377 g/mol. The lowest BCUT2D eigenvalue weighted by Crippen LogP contribution is -2.25. The third kappa shape index (κ3) is 4.06. The number of pyridine rings is 1. The molecule has 0 atom stereocenters. The summed E-state index contributed by atoms with van der Waals surface area (Å²) in [6, 6.07) is 13.7. The first-order valence-electron chi connectivity index (χ1n) is 9.64. The average molecular weight is 377 g/mol. The Kier molecular flexibility index (Phi) is 6.09. The molecule has 0 bridgehead atoms. The summed E-state index contributed by atoms with van der Waals surface area (Å²) in [5.41, 5.74) is 4.54. The molecule has 2 aromatic heterocycles. The van der Waals surface area contributed by atoms with Crippen LogP contribution in [0.1, 0.15) is 41.2 Å². The Morgan fingerprint density at radius 2 is 1.79 bits per heavy atom. The summed E-state index contributed by atoms with van der Waals surface area (Å²) < 4.78 is 1.91. The van der Waals surface area contributed by atoms with E-state index in [4.69, 9.17) is 0 Å². The number of aromatic nitrogens is 3. The number of hydrogen-bond donors (Lipinski definition) is 1. The number of benzene rings is 1. The normalized spacial score (nSPS) is 10.7. The van der Waals surface area contributed by atoms with Gasteiger partial charge in [-0.1, -0.05) is 18.2 Å². The predicted octanol–water partition coefficient (Wildman–Crippen LogP) is 3.66. The van der Waals surface area contributed by atoms with E-state index in [9.17, 15) is 4.79 Å². The molecule has 0 radical (unpaired) electrons. The van der Waals surface area contributed by atoms with Gasteiger partial charge in [-0.15, -0.1) is 0 Å². The Morgan fingerprint density at radius 3 is 2.39 bits per heavy atom. The summed E-state index contributed by atoms with van der Waals surface area (Å²) in [5, 5.41) is 7.62. The maximum atomic E-state index is 12.5. The van der Waals surface area contributed by atoms with Gasteiger partial charge in [0.2, 0.25) is 0 Å². The van der Waals surface area contributed by atoms with Crippen molar-refractivity contribution in [3.05, 3.63) is 71.2 Å². The van der Waals surface area contributed by atoms with Crippen LogP contribution in [0.5, 0.6) is 0 Å². The molecule has 3 aromatic rings. The molecule has 0 saturated carbocycles. The van der Waals surface area contributed by atoms with Gasteiger partial charge in [0, 0.05) is 37.1 Å². The standard InChI is InChI=1S/C22H27N5O/c1-5-26(6-2)21-13-12-18(14-23-21)22(28)24-15-20-16(3)25-27(17(20)4)19-10-8-7-9-11-19/h7-14H,5-6,15H2,1-4H3,(H,24,28). The lowest BCUT2D eigenvalue weighted by molar-refractivity contribution is 0.0950. The highest BCUT2D eigenvalue weighted by Crippen LogP contribution is 2.18. The summed E-state index contributed by atoms with van der Waals surface area (Å²) in [5.74, 6) is 0.752. The molecule has 28 heavy (non-hydrogen) atoms. The van der Waals surface area contributed by atoms with Crippen molar-refractivity contribution < 1.29 is 4.79 Å². The molecule has 3 rings (SSSR count). The van der Waals surface area contributed by atoms with Crippen LogP contribution in [-0.4, -0.2) is 33.8 Å². The molecule has 0 aliphatic rings. The lowest BCUT2D eigenvalue weighted by atomic mass is 10.2. The molecule has 0 unspecified atom stereocenters. The van der Waals surface area contributed by atoms with Gasteiger partial charge in [0.1, 0.15) is 5.82 Å². The highest BCUT2D eigenvalue weighted by molar-refractivity contribution is 5.94. The molecular weight excluding hydrogens is 350 g/mol. The fourth-order valence-electron chi connectivity index (χ4n) is 3.28. The molecule has 0 spiro atoms. The smallest absolute Gasteiger partial charge is 0.253 e.